The Hall–Kier alpha value is -2.74. The van der Waals surface area contributed by atoms with Crippen molar-refractivity contribution in [3.63, 3.8) is 0 Å². The van der Waals surface area contributed by atoms with Crippen molar-refractivity contribution in [1.82, 2.24) is 15.2 Å². The average molecular weight is 502 g/mol. The van der Waals surface area contributed by atoms with E-state index in [1.54, 1.807) is 6.20 Å². The van der Waals surface area contributed by atoms with Crippen LogP contribution in [0.3, 0.4) is 0 Å². The third-order valence-corrected chi connectivity index (χ3v) is 7.30. The number of alkyl halides is 1. The van der Waals surface area contributed by atoms with Crippen molar-refractivity contribution in [2.45, 2.75) is 109 Å². The number of rotatable bonds is 13. The first-order valence-electron chi connectivity index (χ1n) is 13.1. The Balaban J connectivity index is 2.12. The topological polar surface area (TPSA) is 84.7 Å². The molecule has 0 saturated carbocycles. The highest BCUT2D eigenvalue weighted by molar-refractivity contribution is 5.77. The molecule has 5 atom stereocenters. The van der Waals surface area contributed by atoms with Gasteiger partial charge in [0.05, 0.1) is 17.7 Å². The summed E-state index contributed by atoms with van der Waals surface area (Å²) < 4.78 is 25.6. The summed E-state index contributed by atoms with van der Waals surface area (Å²) in [5.41, 5.74) is 0.325. The number of benzene rings is 1. The Bertz CT molecular complexity index is 955. The second-order valence-corrected chi connectivity index (χ2v) is 9.79. The first kappa shape index (κ1) is 27.8. The maximum atomic E-state index is 14.5. The number of halogens is 1. The summed E-state index contributed by atoms with van der Waals surface area (Å²) in [5.74, 6) is -0.518. The van der Waals surface area contributed by atoms with E-state index in [9.17, 15) is 14.0 Å². The number of carbonyl (C=O) groups excluding carboxylic acids is 2. The van der Waals surface area contributed by atoms with Crippen LogP contribution in [-0.4, -0.2) is 45.7 Å². The van der Waals surface area contributed by atoms with E-state index >= 15 is 0 Å². The summed E-state index contributed by atoms with van der Waals surface area (Å²) in [5, 5.41) is 3.10. The molecule has 0 bridgehead atoms. The van der Waals surface area contributed by atoms with E-state index in [-0.39, 0.29) is 24.3 Å². The molecule has 198 valence electrons. The number of carbonyl (C=O) groups is 2. The van der Waals surface area contributed by atoms with Gasteiger partial charge in [-0.1, -0.05) is 63.4 Å². The second kappa shape index (κ2) is 13.0. The van der Waals surface area contributed by atoms with Gasteiger partial charge in [-0.15, -0.1) is 0 Å². The number of esters is 1. The zero-order chi connectivity index (χ0) is 26.1. The quantitative estimate of drug-likeness (QED) is 0.288. The van der Waals surface area contributed by atoms with Crippen molar-refractivity contribution in [2.75, 3.05) is 0 Å². The number of hydrogen-bond acceptors (Lipinski definition) is 6. The minimum atomic E-state index is -1.65. The van der Waals surface area contributed by atoms with Crippen LogP contribution in [0, 0.1) is 0 Å². The minimum absolute atomic E-state index is 0.152. The highest BCUT2D eigenvalue weighted by Gasteiger charge is 2.60. The van der Waals surface area contributed by atoms with E-state index in [4.69, 9.17) is 9.15 Å². The molecule has 36 heavy (non-hydrogen) atoms. The molecule has 2 unspecified atom stereocenters. The lowest BCUT2D eigenvalue weighted by molar-refractivity contribution is -0.166. The van der Waals surface area contributed by atoms with Crippen LogP contribution < -0.4 is 5.32 Å². The van der Waals surface area contributed by atoms with Crippen LogP contribution in [-0.2, 0) is 20.9 Å². The Morgan fingerprint density at radius 1 is 1.25 bits per heavy atom. The van der Waals surface area contributed by atoms with Gasteiger partial charge < -0.3 is 14.5 Å². The van der Waals surface area contributed by atoms with Crippen molar-refractivity contribution in [3.05, 3.63) is 54.2 Å². The molecule has 0 spiro atoms. The van der Waals surface area contributed by atoms with Crippen molar-refractivity contribution < 1.29 is 23.1 Å². The maximum Gasteiger partial charge on any atom is 0.325 e. The molecule has 7 nitrogen and oxygen atoms in total. The maximum absolute atomic E-state index is 14.5. The second-order valence-electron chi connectivity index (χ2n) is 9.79. The van der Waals surface area contributed by atoms with E-state index < -0.39 is 23.9 Å². The highest BCUT2D eigenvalue weighted by Crippen LogP contribution is 2.51. The molecule has 0 aliphatic carbocycles. The van der Waals surface area contributed by atoms with E-state index in [0.717, 1.165) is 24.8 Å². The highest BCUT2D eigenvalue weighted by atomic mass is 19.1. The molecule has 1 saturated heterocycles. The monoisotopic (exact) mass is 501 g/mol. The van der Waals surface area contributed by atoms with E-state index in [0.29, 0.717) is 31.7 Å². The van der Waals surface area contributed by atoms with Crippen molar-refractivity contribution in [2.24, 2.45) is 0 Å². The SMILES string of the molecule is CCCCC[C@]1(C(C)NC(C)=O)[C@H](c2ncco2)C[C@H](C(=O)OC(F)CCC)N1Cc1ccccc1. The Kier molecular flexibility index (Phi) is 10.0. The molecule has 3 rings (SSSR count). The summed E-state index contributed by atoms with van der Waals surface area (Å²) in [4.78, 5) is 32.3. The van der Waals surface area contributed by atoms with Crippen molar-refractivity contribution in [1.29, 1.82) is 0 Å². The van der Waals surface area contributed by atoms with Gasteiger partial charge in [-0.2, -0.15) is 0 Å². The van der Waals surface area contributed by atoms with Gasteiger partial charge in [0.25, 0.3) is 0 Å². The molecule has 1 amide bonds. The lowest BCUT2D eigenvalue weighted by Crippen LogP contribution is -2.62. The standard InChI is InChI=1S/C28H40FN3O4/c1-5-7-11-15-28(20(3)31-21(4)33)23(26-30-16-17-35-26)18-24(27(34)36-25(29)12-6-2)32(28)19-22-13-9-8-10-14-22/h8-10,13-14,16-17,20,23-25H,5-7,11-12,15,18-19H2,1-4H3,(H,31,33)/t20?,23-,24+,25?,28-/m0/s1. The van der Waals surface area contributed by atoms with Crippen LogP contribution in [0.1, 0.15) is 90.0 Å². The number of likely N-dealkylation sites (tertiary alicyclic amines) is 1. The summed E-state index contributed by atoms with van der Waals surface area (Å²) in [7, 11) is 0. The van der Waals surface area contributed by atoms with Crippen molar-refractivity contribution >= 4 is 11.9 Å². The normalized spacial score (nSPS) is 23.8. The summed E-state index contributed by atoms with van der Waals surface area (Å²) in [6.07, 6.45) is 6.21. The average Bonchev–Trinajstić information content (AvgIpc) is 3.47. The molecule has 2 aromatic rings. The predicted molar refractivity (Wildman–Crippen MR) is 136 cm³/mol. The number of nitrogens with one attached hydrogen (secondary N) is 1. The number of hydrogen-bond donors (Lipinski definition) is 1. The molecule has 1 aliphatic heterocycles. The fraction of sp³-hybridized carbons (Fsp3) is 0.607. The third-order valence-electron chi connectivity index (χ3n) is 7.30. The van der Waals surface area contributed by atoms with Gasteiger partial charge in [-0.3, -0.25) is 14.5 Å². The third kappa shape index (κ3) is 6.33. The van der Waals surface area contributed by atoms with Gasteiger partial charge in [0.1, 0.15) is 12.3 Å². The number of unbranched alkanes of at least 4 members (excludes halogenated alkanes) is 2. The lowest BCUT2D eigenvalue weighted by Gasteiger charge is -2.47. The van der Waals surface area contributed by atoms with Crippen LogP contribution in [0.2, 0.25) is 0 Å². The number of amides is 1. The molecule has 0 radical (unpaired) electrons. The van der Waals surface area contributed by atoms with E-state index in [1.807, 2.05) is 44.2 Å². The first-order valence-corrected chi connectivity index (χ1v) is 13.1. The molecule has 1 aromatic heterocycles. The number of oxazole rings is 1. The van der Waals surface area contributed by atoms with Gasteiger partial charge in [-0.05, 0) is 31.7 Å². The smallest absolute Gasteiger partial charge is 0.325 e. The number of ether oxygens (including phenoxy) is 1. The zero-order valence-electron chi connectivity index (χ0n) is 21.9. The molecule has 1 N–H and O–H groups in total. The van der Waals surface area contributed by atoms with Gasteiger partial charge >= 0.3 is 5.97 Å². The molecule has 1 aromatic carbocycles. The Labute approximate surface area is 213 Å². The minimum Gasteiger partial charge on any atom is -0.449 e. The fourth-order valence-electron chi connectivity index (χ4n) is 5.69. The molecular weight excluding hydrogens is 461 g/mol. The Morgan fingerprint density at radius 3 is 2.61 bits per heavy atom. The predicted octanol–water partition coefficient (Wildman–Crippen LogP) is 5.52. The Morgan fingerprint density at radius 2 is 2.00 bits per heavy atom. The lowest BCUT2D eigenvalue weighted by atomic mass is 9.74. The molecule has 1 fully saturated rings. The van der Waals surface area contributed by atoms with Crippen molar-refractivity contribution in [3.8, 4) is 0 Å². The molecule has 2 heterocycles. The van der Waals surface area contributed by atoms with Crippen LogP contribution in [0.5, 0.6) is 0 Å². The fourth-order valence-corrected chi connectivity index (χ4v) is 5.69. The van der Waals surface area contributed by atoms with E-state index in [2.05, 4.69) is 22.1 Å². The first-order chi connectivity index (χ1) is 17.3. The van der Waals surface area contributed by atoms with Gasteiger partial charge in [0, 0.05) is 25.9 Å². The molecular formula is C28H40FN3O4. The van der Waals surface area contributed by atoms with E-state index in [1.165, 1.54) is 13.2 Å². The largest absolute Gasteiger partial charge is 0.449 e. The summed E-state index contributed by atoms with van der Waals surface area (Å²) in [6, 6.07) is 8.84. The van der Waals surface area contributed by atoms with Crippen LogP contribution in [0.15, 0.2) is 47.2 Å². The number of aromatic nitrogens is 1. The van der Waals surface area contributed by atoms with Gasteiger partial charge in [-0.25, -0.2) is 9.37 Å². The van der Waals surface area contributed by atoms with Gasteiger partial charge in [0.2, 0.25) is 12.3 Å². The van der Waals surface area contributed by atoms with Crippen LogP contribution >= 0.6 is 0 Å². The molecule has 8 heteroatoms. The molecule has 1 aliphatic rings. The zero-order valence-corrected chi connectivity index (χ0v) is 21.9. The summed E-state index contributed by atoms with van der Waals surface area (Å²) >= 11 is 0. The number of nitrogens with zero attached hydrogens (tertiary/aromatic N) is 2. The van der Waals surface area contributed by atoms with Crippen LogP contribution in [0.25, 0.3) is 0 Å². The summed E-state index contributed by atoms with van der Waals surface area (Å²) in [6.45, 7) is 7.91. The van der Waals surface area contributed by atoms with Gasteiger partial charge in [0.15, 0.2) is 5.89 Å². The van der Waals surface area contributed by atoms with Crippen LogP contribution in [0.4, 0.5) is 4.39 Å².